The molecule has 2 aromatic rings. The van der Waals surface area contributed by atoms with Gasteiger partial charge in [0.1, 0.15) is 6.54 Å². The zero-order valence-corrected chi connectivity index (χ0v) is 16.4. The zero-order valence-electron chi connectivity index (χ0n) is 15.6. The number of nitrogens with one attached hydrogen (secondary N) is 2. The molecule has 2 fully saturated rings. The van der Waals surface area contributed by atoms with Crippen LogP contribution in [0, 0.1) is 0 Å². The second kappa shape index (κ2) is 8.54. The van der Waals surface area contributed by atoms with E-state index in [1.807, 2.05) is 24.3 Å². The van der Waals surface area contributed by atoms with Crippen molar-refractivity contribution in [3.8, 4) is 0 Å². The van der Waals surface area contributed by atoms with Crippen molar-refractivity contribution in [2.45, 2.75) is 0 Å². The number of rotatable bonds is 5. The van der Waals surface area contributed by atoms with E-state index in [0.717, 1.165) is 41.1 Å². The van der Waals surface area contributed by atoms with Gasteiger partial charge in [0, 0.05) is 25.0 Å². The Kier molecular flexibility index (Phi) is 5.68. The van der Waals surface area contributed by atoms with Crippen LogP contribution in [0.5, 0.6) is 0 Å². The predicted molar refractivity (Wildman–Crippen MR) is 112 cm³/mol. The number of aromatic nitrogens is 1. The molecule has 2 aliphatic rings. The Morgan fingerprint density at radius 3 is 2.72 bits per heavy atom. The average Bonchev–Trinajstić information content (AvgIpc) is 3.33. The largest absolute Gasteiger partial charge is 0.378 e. The van der Waals surface area contributed by atoms with Gasteiger partial charge in [0.25, 0.3) is 11.1 Å². The van der Waals surface area contributed by atoms with E-state index in [1.165, 1.54) is 0 Å². The Labute approximate surface area is 171 Å². The standard InChI is InChI=1S/C20H20N4O4S/c25-18(22-15-5-1-2-6-16(15)23-8-10-28-11-9-23)13-24-19(26)17(29-20(24)27)12-14-4-3-7-21-14/h1-7,12,21H,8-11,13H2,(H,22,25)/b17-12+. The minimum Gasteiger partial charge on any atom is -0.378 e. The number of amides is 3. The van der Waals surface area contributed by atoms with Crippen molar-refractivity contribution in [2.24, 2.45) is 0 Å². The molecule has 9 heteroatoms. The van der Waals surface area contributed by atoms with Crippen molar-refractivity contribution in [2.75, 3.05) is 43.1 Å². The van der Waals surface area contributed by atoms with E-state index >= 15 is 0 Å². The van der Waals surface area contributed by atoms with E-state index < -0.39 is 17.1 Å². The van der Waals surface area contributed by atoms with Gasteiger partial charge in [-0.2, -0.15) is 0 Å². The molecule has 4 rings (SSSR count). The van der Waals surface area contributed by atoms with Gasteiger partial charge in [-0.05, 0) is 42.1 Å². The molecule has 3 heterocycles. The smallest absolute Gasteiger partial charge is 0.294 e. The highest BCUT2D eigenvalue weighted by molar-refractivity contribution is 8.18. The number of imide groups is 1. The van der Waals surface area contributed by atoms with Gasteiger partial charge in [-0.3, -0.25) is 19.3 Å². The summed E-state index contributed by atoms with van der Waals surface area (Å²) in [7, 11) is 0. The number of anilines is 2. The van der Waals surface area contributed by atoms with Crippen LogP contribution in [0.25, 0.3) is 6.08 Å². The monoisotopic (exact) mass is 412 g/mol. The number of thioether (sulfide) groups is 1. The minimum atomic E-state index is -0.466. The van der Waals surface area contributed by atoms with Crippen molar-refractivity contribution < 1.29 is 19.1 Å². The maximum absolute atomic E-state index is 12.6. The van der Waals surface area contributed by atoms with Crippen molar-refractivity contribution >= 4 is 46.3 Å². The molecule has 1 aromatic carbocycles. The van der Waals surface area contributed by atoms with Crippen LogP contribution < -0.4 is 10.2 Å². The number of nitrogens with zero attached hydrogens (tertiary/aromatic N) is 2. The zero-order chi connectivity index (χ0) is 20.2. The summed E-state index contributed by atoms with van der Waals surface area (Å²) < 4.78 is 5.38. The Bertz CT molecular complexity index is 951. The fourth-order valence-electron chi connectivity index (χ4n) is 3.20. The molecule has 0 aliphatic carbocycles. The molecule has 0 unspecified atom stereocenters. The molecule has 0 radical (unpaired) electrons. The number of hydrogen-bond acceptors (Lipinski definition) is 6. The summed E-state index contributed by atoms with van der Waals surface area (Å²) in [4.78, 5) is 43.7. The summed E-state index contributed by atoms with van der Waals surface area (Å²) in [6.45, 7) is 2.40. The average molecular weight is 412 g/mol. The van der Waals surface area contributed by atoms with Crippen molar-refractivity contribution in [3.05, 3.63) is 53.2 Å². The molecule has 0 spiro atoms. The van der Waals surface area contributed by atoms with Crippen molar-refractivity contribution in [1.82, 2.24) is 9.88 Å². The van der Waals surface area contributed by atoms with Crippen LogP contribution in [-0.4, -0.2) is 59.8 Å². The molecule has 0 saturated carbocycles. The van der Waals surface area contributed by atoms with Crippen LogP contribution in [0.1, 0.15) is 5.69 Å². The van der Waals surface area contributed by atoms with Gasteiger partial charge in [-0.25, -0.2) is 0 Å². The molecule has 0 atom stereocenters. The second-order valence-electron chi connectivity index (χ2n) is 6.56. The third-order valence-electron chi connectivity index (χ3n) is 4.61. The molecule has 2 N–H and O–H groups in total. The molecular weight excluding hydrogens is 392 g/mol. The van der Waals surface area contributed by atoms with Gasteiger partial charge in [0.05, 0.1) is 29.5 Å². The lowest BCUT2D eigenvalue weighted by molar-refractivity contribution is -0.127. The van der Waals surface area contributed by atoms with Gasteiger partial charge in [0.2, 0.25) is 5.91 Å². The maximum atomic E-state index is 12.6. The molecule has 2 aliphatic heterocycles. The highest BCUT2D eigenvalue weighted by atomic mass is 32.2. The predicted octanol–water partition coefficient (Wildman–Crippen LogP) is 2.53. The number of benzene rings is 1. The van der Waals surface area contributed by atoms with Gasteiger partial charge < -0.3 is 19.9 Å². The van der Waals surface area contributed by atoms with E-state index in [0.29, 0.717) is 23.8 Å². The summed E-state index contributed by atoms with van der Waals surface area (Å²) in [6.07, 6.45) is 3.34. The van der Waals surface area contributed by atoms with Crippen molar-refractivity contribution in [1.29, 1.82) is 0 Å². The van der Waals surface area contributed by atoms with Gasteiger partial charge in [0.15, 0.2) is 0 Å². The number of morpholine rings is 1. The van der Waals surface area contributed by atoms with Crippen LogP contribution in [0.4, 0.5) is 16.2 Å². The highest BCUT2D eigenvalue weighted by Gasteiger charge is 2.36. The number of para-hydroxylation sites is 2. The molecule has 2 saturated heterocycles. The lowest BCUT2D eigenvalue weighted by Gasteiger charge is -2.30. The highest BCUT2D eigenvalue weighted by Crippen LogP contribution is 2.32. The molecular formula is C20H20N4O4S. The third kappa shape index (κ3) is 4.36. The number of aromatic amines is 1. The lowest BCUT2D eigenvalue weighted by atomic mass is 10.2. The van der Waals surface area contributed by atoms with E-state index in [-0.39, 0.29) is 6.54 Å². The maximum Gasteiger partial charge on any atom is 0.294 e. The van der Waals surface area contributed by atoms with Crippen molar-refractivity contribution in [3.63, 3.8) is 0 Å². The first-order chi connectivity index (χ1) is 14.1. The Morgan fingerprint density at radius 1 is 1.17 bits per heavy atom. The normalized spacial score (nSPS) is 18.6. The first-order valence-corrected chi connectivity index (χ1v) is 10.0. The summed E-state index contributed by atoms with van der Waals surface area (Å²) in [5, 5.41) is 2.38. The van der Waals surface area contributed by atoms with E-state index in [1.54, 1.807) is 24.4 Å². The van der Waals surface area contributed by atoms with E-state index in [4.69, 9.17) is 4.74 Å². The van der Waals surface area contributed by atoms with Crippen LogP contribution in [0.2, 0.25) is 0 Å². The van der Waals surface area contributed by atoms with E-state index in [9.17, 15) is 14.4 Å². The third-order valence-corrected chi connectivity index (χ3v) is 5.52. The molecule has 0 bridgehead atoms. The van der Waals surface area contributed by atoms with Gasteiger partial charge >= 0.3 is 0 Å². The molecule has 29 heavy (non-hydrogen) atoms. The Balaban J connectivity index is 1.44. The Morgan fingerprint density at radius 2 is 1.97 bits per heavy atom. The lowest BCUT2D eigenvalue weighted by Crippen LogP contribution is -2.38. The summed E-state index contributed by atoms with van der Waals surface area (Å²) in [5.74, 6) is -0.889. The summed E-state index contributed by atoms with van der Waals surface area (Å²) in [6, 6.07) is 11.1. The fraction of sp³-hybridized carbons (Fsp3) is 0.250. The molecule has 150 valence electrons. The number of H-pyrrole nitrogens is 1. The number of carbonyl (C=O) groups is 3. The van der Waals surface area contributed by atoms with Gasteiger partial charge in [-0.15, -0.1) is 0 Å². The first kappa shape index (κ1) is 19.3. The topological polar surface area (TPSA) is 94.7 Å². The Hall–Kier alpha value is -3.04. The SMILES string of the molecule is O=C(CN1C(=O)S/C(=C/c2ccc[nH]2)C1=O)Nc1ccccc1N1CCOCC1. The number of ether oxygens (including phenoxy) is 1. The van der Waals surface area contributed by atoms with Crippen LogP contribution in [0.15, 0.2) is 47.5 Å². The first-order valence-electron chi connectivity index (χ1n) is 9.22. The van der Waals surface area contributed by atoms with Crippen LogP contribution in [-0.2, 0) is 14.3 Å². The fourth-order valence-corrected chi connectivity index (χ4v) is 4.03. The number of hydrogen-bond donors (Lipinski definition) is 2. The summed E-state index contributed by atoms with van der Waals surface area (Å²) >= 11 is 0.831. The number of carbonyl (C=O) groups excluding carboxylic acids is 3. The minimum absolute atomic E-state index is 0.291. The van der Waals surface area contributed by atoms with Gasteiger partial charge in [-0.1, -0.05) is 12.1 Å². The van der Waals surface area contributed by atoms with Crippen LogP contribution in [0.3, 0.4) is 0 Å². The van der Waals surface area contributed by atoms with Crippen LogP contribution >= 0.6 is 11.8 Å². The second-order valence-corrected chi connectivity index (χ2v) is 7.55. The molecule has 3 amide bonds. The molecule has 8 nitrogen and oxygen atoms in total. The van der Waals surface area contributed by atoms with E-state index in [2.05, 4.69) is 15.2 Å². The summed E-state index contributed by atoms with van der Waals surface area (Å²) in [5.41, 5.74) is 2.26. The molecule has 1 aromatic heterocycles. The quantitative estimate of drug-likeness (QED) is 0.733.